The summed E-state index contributed by atoms with van der Waals surface area (Å²) < 4.78 is 36.9. The minimum Gasteiger partial charge on any atom is -0.463 e. The second-order valence-electron chi connectivity index (χ2n) is 7.13. The third-order valence-corrected chi connectivity index (χ3v) is 6.66. The molecular formula is C21H28BrO6P. The zero-order chi connectivity index (χ0) is 21.8. The van der Waals surface area contributed by atoms with Crippen molar-refractivity contribution in [1.82, 2.24) is 0 Å². The van der Waals surface area contributed by atoms with E-state index in [4.69, 9.17) is 18.5 Å². The molecule has 160 valence electrons. The number of esters is 1. The van der Waals surface area contributed by atoms with Gasteiger partial charge in [0, 0.05) is 10.4 Å². The van der Waals surface area contributed by atoms with E-state index >= 15 is 0 Å². The van der Waals surface area contributed by atoms with Crippen LogP contribution >= 0.6 is 23.5 Å². The largest absolute Gasteiger partial charge is 0.463 e. The predicted molar refractivity (Wildman–Crippen MR) is 115 cm³/mol. The number of hydrogen-bond acceptors (Lipinski definition) is 6. The SMILES string of the molecule is CCOC(=O)C1=C(C)OC(P(=O)(OC(C)C)OC(C)C)=CC1c1ccc(Br)cc1. The molecule has 1 aromatic rings. The van der Waals surface area contributed by atoms with Crippen LogP contribution < -0.4 is 0 Å². The molecule has 0 N–H and O–H groups in total. The molecule has 8 heteroatoms. The summed E-state index contributed by atoms with van der Waals surface area (Å²) in [6, 6.07) is 7.53. The van der Waals surface area contributed by atoms with Crippen LogP contribution in [0.2, 0.25) is 0 Å². The van der Waals surface area contributed by atoms with Crippen molar-refractivity contribution in [1.29, 1.82) is 0 Å². The summed E-state index contributed by atoms with van der Waals surface area (Å²) in [7, 11) is -3.74. The lowest BCUT2D eigenvalue weighted by Crippen LogP contribution is -2.21. The van der Waals surface area contributed by atoms with Gasteiger partial charge in [0.1, 0.15) is 5.76 Å². The summed E-state index contributed by atoms with van der Waals surface area (Å²) in [4.78, 5) is 12.6. The van der Waals surface area contributed by atoms with E-state index in [0.29, 0.717) is 11.3 Å². The Labute approximate surface area is 180 Å². The van der Waals surface area contributed by atoms with Crippen molar-refractivity contribution in [3.63, 3.8) is 0 Å². The first-order valence-corrected chi connectivity index (χ1v) is 11.9. The molecule has 0 saturated heterocycles. The summed E-state index contributed by atoms with van der Waals surface area (Å²) >= 11 is 3.42. The quantitative estimate of drug-likeness (QED) is 0.317. The van der Waals surface area contributed by atoms with Gasteiger partial charge in [0.15, 0.2) is 0 Å². The lowest BCUT2D eigenvalue weighted by Gasteiger charge is -2.30. The fourth-order valence-corrected chi connectivity index (χ4v) is 5.15. The molecule has 1 unspecified atom stereocenters. The predicted octanol–water partition coefficient (Wildman–Crippen LogP) is 6.28. The van der Waals surface area contributed by atoms with Gasteiger partial charge in [-0.1, -0.05) is 28.1 Å². The summed E-state index contributed by atoms with van der Waals surface area (Å²) in [5.74, 6) is -0.669. The average molecular weight is 487 g/mol. The molecule has 1 aromatic carbocycles. The first kappa shape index (κ1) is 23.9. The van der Waals surface area contributed by atoms with Crippen LogP contribution in [0.3, 0.4) is 0 Å². The van der Waals surface area contributed by atoms with Crippen molar-refractivity contribution >= 4 is 29.5 Å². The smallest absolute Gasteiger partial charge is 0.396 e. The van der Waals surface area contributed by atoms with Crippen LogP contribution in [0.25, 0.3) is 0 Å². The molecule has 6 nitrogen and oxygen atoms in total. The van der Waals surface area contributed by atoms with Crippen molar-refractivity contribution < 1.29 is 27.9 Å². The Morgan fingerprint density at radius 2 is 1.69 bits per heavy atom. The van der Waals surface area contributed by atoms with E-state index in [1.807, 2.05) is 24.3 Å². The Balaban J connectivity index is 2.58. The van der Waals surface area contributed by atoms with Crippen LogP contribution in [0.1, 0.15) is 53.0 Å². The number of ether oxygens (including phenoxy) is 2. The Morgan fingerprint density at radius 3 is 2.17 bits per heavy atom. The lowest BCUT2D eigenvalue weighted by molar-refractivity contribution is -0.139. The normalized spacial score (nSPS) is 17.4. The fraction of sp³-hybridized carbons (Fsp3) is 0.476. The highest BCUT2D eigenvalue weighted by atomic mass is 79.9. The molecule has 1 aliphatic rings. The van der Waals surface area contributed by atoms with Gasteiger partial charge in [-0.15, -0.1) is 0 Å². The van der Waals surface area contributed by atoms with Crippen molar-refractivity contribution in [3.8, 4) is 0 Å². The van der Waals surface area contributed by atoms with Gasteiger partial charge >= 0.3 is 13.6 Å². The average Bonchev–Trinajstić information content (AvgIpc) is 2.60. The van der Waals surface area contributed by atoms with Gasteiger partial charge in [0.25, 0.3) is 0 Å². The zero-order valence-electron chi connectivity index (χ0n) is 17.6. The number of rotatable bonds is 8. The van der Waals surface area contributed by atoms with Crippen LogP contribution in [0, 0.1) is 0 Å². The van der Waals surface area contributed by atoms with Gasteiger partial charge < -0.3 is 18.5 Å². The van der Waals surface area contributed by atoms with Crippen molar-refractivity contribution in [2.45, 2.75) is 59.7 Å². The fourth-order valence-electron chi connectivity index (χ4n) is 2.93. The van der Waals surface area contributed by atoms with Gasteiger partial charge in [-0.3, -0.25) is 4.57 Å². The molecule has 0 fully saturated rings. The molecule has 0 bridgehead atoms. The van der Waals surface area contributed by atoms with Gasteiger partial charge in [0.2, 0.25) is 5.50 Å². The van der Waals surface area contributed by atoms with Crippen LogP contribution in [0.4, 0.5) is 0 Å². The topological polar surface area (TPSA) is 71.1 Å². The first-order chi connectivity index (χ1) is 13.6. The molecular weight excluding hydrogens is 459 g/mol. The van der Waals surface area contributed by atoms with E-state index in [9.17, 15) is 9.36 Å². The van der Waals surface area contributed by atoms with Crippen molar-refractivity contribution in [2.24, 2.45) is 0 Å². The van der Waals surface area contributed by atoms with E-state index in [0.717, 1.165) is 10.0 Å². The van der Waals surface area contributed by atoms with E-state index in [1.54, 1.807) is 47.6 Å². The molecule has 29 heavy (non-hydrogen) atoms. The Bertz CT molecular complexity index is 827. The minimum absolute atomic E-state index is 0.0818. The Kier molecular flexibility index (Phi) is 8.29. The van der Waals surface area contributed by atoms with Crippen LogP contribution in [0.15, 0.2) is 51.6 Å². The van der Waals surface area contributed by atoms with Gasteiger partial charge in [0.05, 0.1) is 24.4 Å². The molecule has 1 atom stereocenters. The third-order valence-electron chi connectivity index (χ3n) is 3.95. The maximum Gasteiger partial charge on any atom is 0.396 e. The standard InChI is InChI=1S/C21H28BrO6P/c1-7-25-21(23)20-15(6)26-19(29(24,27-13(2)3)28-14(4)5)12-18(20)16-8-10-17(22)11-9-16/h8-14,18H,7H2,1-6H3. The summed E-state index contributed by atoms with van der Waals surface area (Å²) in [6.07, 6.45) is 0.950. The van der Waals surface area contributed by atoms with E-state index in [2.05, 4.69) is 15.9 Å². The van der Waals surface area contributed by atoms with Gasteiger partial charge in [-0.25, -0.2) is 4.79 Å². The molecule has 0 aromatic heterocycles. The van der Waals surface area contributed by atoms with E-state index < -0.39 is 19.5 Å². The van der Waals surface area contributed by atoms with Gasteiger partial charge in [-0.2, -0.15) is 0 Å². The zero-order valence-corrected chi connectivity index (χ0v) is 20.1. The van der Waals surface area contributed by atoms with Crippen LogP contribution in [-0.2, 0) is 27.9 Å². The molecule has 0 aliphatic carbocycles. The molecule has 0 saturated carbocycles. The maximum atomic E-state index is 13.6. The summed E-state index contributed by atoms with van der Waals surface area (Å²) in [6.45, 7) is 10.7. The first-order valence-electron chi connectivity index (χ1n) is 9.57. The number of carbonyl (C=O) groups is 1. The second-order valence-corrected chi connectivity index (χ2v) is 9.91. The third kappa shape index (κ3) is 6.05. The second kappa shape index (κ2) is 10.1. The highest BCUT2D eigenvalue weighted by Crippen LogP contribution is 2.61. The van der Waals surface area contributed by atoms with E-state index in [1.165, 1.54) is 0 Å². The molecule has 2 rings (SSSR count). The lowest BCUT2D eigenvalue weighted by atomic mass is 9.89. The van der Waals surface area contributed by atoms with Crippen LogP contribution in [-0.4, -0.2) is 24.8 Å². The molecule has 0 radical (unpaired) electrons. The number of carbonyl (C=O) groups excluding carboxylic acids is 1. The highest BCUT2D eigenvalue weighted by Gasteiger charge is 2.41. The van der Waals surface area contributed by atoms with Crippen molar-refractivity contribution in [2.75, 3.05) is 6.61 Å². The minimum atomic E-state index is -3.74. The Hall–Kier alpha value is -1.40. The van der Waals surface area contributed by atoms with Crippen LogP contribution in [0.5, 0.6) is 0 Å². The molecule has 0 spiro atoms. The molecule has 1 heterocycles. The number of benzene rings is 1. The number of halogens is 1. The number of allylic oxidation sites excluding steroid dienone is 2. The number of hydrogen-bond donors (Lipinski definition) is 0. The summed E-state index contributed by atoms with van der Waals surface area (Å²) in [5.41, 5.74) is 1.27. The van der Waals surface area contributed by atoms with Crippen molar-refractivity contribution in [3.05, 3.63) is 57.2 Å². The Morgan fingerprint density at radius 1 is 1.14 bits per heavy atom. The molecule has 1 aliphatic heterocycles. The molecule has 0 amide bonds. The maximum absolute atomic E-state index is 13.6. The monoisotopic (exact) mass is 486 g/mol. The van der Waals surface area contributed by atoms with E-state index in [-0.39, 0.29) is 24.3 Å². The highest BCUT2D eigenvalue weighted by molar-refractivity contribution is 9.10. The van der Waals surface area contributed by atoms with Gasteiger partial charge in [-0.05, 0) is 65.3 Å². The summed E-state index contributed by atoms with van der Waals surface area (Å²) in [5, 5.41) is 0.